The third-order valence-corrected chi connectivity index (χ3v) is 4.78. The molecule has 1 saturated heterocycles. The highest BCUT2D eigenvalue weighted by molar-refractivity contribution is 7.88. The Hall–Kier alpha value is -1.91. The van der Waals surface area contributed by atoms with Gasteiger partial charge in [0.25, 0.3) is 5.91 Å². The largest absolute Gasteiger partial charge is 0.480 e. The van der Waals surface area contributed by atoms with Gasteiger partial charge in [0.2, 0.25) is 10.0 Å². The lowest BCUT2D eigenvalue weighted by molar-refractivity contribution is -0.137. The van der Waals surface area contributed by atoms with Gasteiger partial charge in [0.1, 0.15) is 12.3 Å². The van der Waals surface area contributed by atoms with Crippen LogP contribution in [0.25, 0.3) is 0 Å². The minimum atomic E-state index is -3.70. The summed E-state index contributed by atoms with van der Waals surface area (Å²) in [6, 6.07) is 3.26. The van der Waals surface area contributed by atoms with Gasteiger partial charge in [-0.3, -0.25) is 9.59 Å². The molecular weight excluding hydrogens is 340 g/mol. The predicted octanol–water partition coefficient (Wildman–Crippen LogP) is -0.225. The van der Waals surface area contributed by atoms with E-state index in [2.05, 4.69) is 0 Å². The number of aliphatic carboxylic acids is 1. The Kier molecular flexibility index (Phi) is 5.62. The normalized spacial score (nSPS) is 18.8. The molecule has 1 unspecified atom stereocenters. The average molecular weight is 360 g/mol. The Morgan fingerprint density at radius 1 is 1.42 bits per heavy atom. The van der Waals surface area contributed by atoms with Crippen LogP contribution in [0.3, 0.4) is 0 Å². The molecule has 0 bridgehead atoms. The molecule has 2 heterocycles. The number of carboxylic acids is 1. The second kappa shape index (κ2) is 7.32. The molecule has 1 aliphatic rings. The Labute approximate surface area is 139 Å². The standard InChI is InChI=1S/C14H20N2O7S/c1-10-3-4-12(23-10)14(19)15-5-6-22-11(7-15)8-16(9-13(17)18)24(2,20)21/h3-4,11H,5-9H2,1-2H3,(H,17,18). The van der Waals surface area contributed by atoms with Crippen molar-refractivity contribution in [3.8, 4) is 0 Å². The van der Waals surface area contributed by atoms with Crippen molar-refractivity contribution in [1.82, 2.24) is 9.21 Å². The van der Waals surface area contributed by atoms with E-state index in [0.29, 0.717) is 12.3 Å². The van der Waals surface area contributed by atoms with Crippen LogP contribution in [0, 0.1) is 6.92 Å². The van der Waals surface area contributed by atoms with Gasteiger partial charge in [0, 0.05) is 19.6 Å². The maximum atomic E-state index is 12.4. The summed E-state index contributed by atoms with van der Waals surface area (Å²) < 4.78 is 35.0. The molecule has 0 radical (unpaired) electrons. The number of hydrogen-bond donors (Lipinski definition) is 1. The molecule has 0 spiro atoms. The van der Waals surface area contributed by atoms with Gasteiger partial charge in [-0.05, 0) is 19.1 Å². The molecule has 1 fully saturated rings. The van der Waals surface area contributed by atoms with Crippen LogP contribution in [0.2, 0.25) is 0 Å². The first-order valence-corrected chi connectivity index (χ1v) is 9.16. The fourth-order valence-corrected chi connectivity index (χ4v) is 3.20. The quantitative estimate of drug-likeness (QED) is 0.745. The van der Waals surface area contributed by atoms with Crippen LogP contribution in [0.4, 0.5) is 0 Å². The Bertz CT molecular complexity index is 712. The van der Waals surface area contributed by atoms with Gasteiger partial charge in [0.05, 0.1) is 19.0 Å². The number of morpholine rings is 1. The van der Waals surface area contributed by atoms with Crippen molar-refractivity contribution < 1.29 is 32.3 Å². The van der Waals surface area contributed by atoms with Gasteiger partial charge in [-0.1, -0.05) is 0 Å². The fourth-order valence-electron chi connectivity index (χ4n) is 2.41. The molecule has 0 saturated carbocycles. The zero-order valence-corrected chi connectivity index (χ0v) is 14.3. The summed E-state index contributed by atoms with van der Waals surface area (Å²) >= 11 is 0. The Morgan fingerprint density at radius 3 is 2.67 bits per heavy atom. The van der Waals surface area contributed by atoms with E-state index in [4.69, 9.17) is 14.3 Å². The van der Waals surface area contributed by atoms with Gasteiger partial charge >= 0.3 is 5.97 Å². The highest BCUT2D eigenvalue weighted by Gasteiger charge is 2.30. The summed E-state index contributed by atoms with van der Waals surface area (Å²) in [4.78, 5) is 24.7. The number of ether oxygens (including phenoxy) is 1. The SMILES string of the molecule is Cc1ccc(C(=O)N2CCOC(CN(CC(=O)O)S(C)(=O)=O)C2)o1. The van der Waals surface area contributed by atoms with E-state index in [9.17, 15) is 18.0 Å². The molecule has 0 aromatic carbocycles. The molecule has 9 nitrogen and oxygen atoms in total. The first-order chi connectivity index (χ1) is 11.2. The smallest absolute Gasteiger partial charge is 0.318 e. The number of carbonyl (C=O) groups excluding carboxylic acids is 1. The van der Waals surface area contributed by atoms with Crippen molar-refractivity contribution in [3.63, 3.8) is 0 Å². The number of carbonyl (C=O) groups is 2. The van der Waals surface area contributed by atoms with Gasteiger partial charge in [-0.25, -0.2) is 8.42 Å². The summed E-state index contributed by atoms with van der Waals surface area (Å²) in [7, 11) is -3.70. The molecule has 0 aliphatic carbocycles. The van der Waals surface area contributed by atoms with E-state index in [1.807, 2.05) is 0 Å². The number of amides is 1. The molecule has 134 valence electrons. The van der Waals surface area contributed by atoms with Gasteiger partial charge in [-0.15, -0.1) is 0 Å². The number of furan rings is 1. The summed E-state index contributed by atoms with van der Waals surface area (Å²) in [5, 5.41) is 8.84. The van der Waals surface area contributed by atoms with Gasteiger partial charge in [-0.2, -0.15) is 4.31 Å². The molecule has 1 aromatic rings. The minimum Gasteiger partial charge on any atom is -0.480 e. The van der Waals surface area contributed by atoms with Crippen molar-refractivity contribution in [2.75, 3.05) is 39.0 Å². The van der Waals surface area contributed by atoms with Crippen LogP contribution < -0.4 is 0 Å². The number of sulfonamides is 1. The minimum absolute atomic E-state index is 0.133. The fraction of sp³-hybridized carbons (Fsp3) is 0.571. The molecular formula is C14H20N2O7S. The number of carboxylic acid groups (broad SMARTS) is 1. The van der Waals surface area contributed by atoms with Crippen LogP contribution in [-0.2, 0) is 19.6 Å². The number of nitrogens with zero attached hydrogens (tertiary/aromatic N) is 2. The average Bonchev–Trinajstić information content (AvgIpc) is 2.91. The van der Waals surface area contributed by atoms with E-state index in [1.165, 1.54) is 4.90 Å². The lowest BCUT2D eigenvalue weighted by Gasteiger charge is -2.34. The van der Waals surface area contributed by atoms with Crippen LogP contribution in [0.1, 0.15) is 16.3 Å². The molecule has 1 aromatic heterocycles. The van der Waals surface area contributed by atoms with E-state index in [-0.39, 0.29) is 31.4 Å². The molecule has 24 heavy (non-hydrogen) atoms. The number of rotatable bonds is 6. The second-order valence-electron chi connectivity index (χ2n) is 5.60. The zero-order valence-electron chi connectivity index (χ0n) is 13.5. The summed E-state index contributed by atoms with van der Waals surface area (Å²) in [6.07, 6.45) is 0.334. The highest BCUT2D eigenvalue weighted by Crippen LogP contribution is 2.14. The van der Waals surface area contributed by atoms with Crippen LogP contribution in [0.5, 0.6) is 0 Å². The van der Waals surface area contributed by atoms with Gasteiger partial charge in [0.15, 0.2) is 5.76 Å². The zero-order chi connectivity index (χ0) is 17.9. The molecule has 10 heteroatoms. The molecule has 1 atom stereocenters. The topological polar surface area (TPSA) is 117 Å². The number of aryl methyl sites for hydroxylation is 1. The monoisotopic (exact) mass is 360 g/mol. The first kappa shape index (κ1) is 18.4. The van der Waals surface area contributed by atoms with Crippen LogP contribution in [0.15, 0.2) is 16.5 Å². The third-order valence-electron chi connectivity index (χ3n) is 3.57. The Balaban J connectivity index is 2.04. The molecule has 1 amide bonds. The molecule has 1 N–H and O–H groups in total. The maximum absolute atomic E-state index is 12.4. The second-order valence-corrected chi connectivity index (χ2v) is 7.59. The maximum Gasteiger partial charge on any atom is 0.318 e. The van der Waals surface area contributed by atoms with Crippen molar-refractivity contribution in [1.29, 1.82) is 0 Å². The third kappa shape index (κ3) is 4.79. The first-order valence-electron chi connectivity index (χ1n) is 7.31. The summed E-state index contributed by atoms with van der Waals surface area (Å²) in [5.41, 5.74) is 0. The van der Waals surface area contributed by atoms with E-state index in [1.54, 1.807) is 19.1 Å². The summed E-state index contributed by atoms with van der Waals surface area (Å²) in [5.74, 6) is -0.734. The van der Waals surface area contributed by atoms with Crippen LogP contribution >= 0.6 is 0 Å². The van der Waals surface area contributed by atoms with E-state index >= 15 is 0 Å². The lowest BCUT2D eigenvalue weighted by Crippen LogP contribution is -2.51. The lowest BCUT2D eigenvalue weighted by atomic mass is 10.2. The number of hydrogen-bond acceptors (Lipinski definition) is 6. The van der Waals surface area contributed by atoms with Crippen molar-refractivity contribution in [2.45, 2.75) is 13.0 Å². The van der Waals surface area contributed by atoms with Crippen molar-refractivity contribution >= 4 is 21.9 Å². The van der Waals surface area contributed by atoms with E-state index in [0.717, 1.165) is 10.6 Å². The predicted molar refractivity (Wildman–Crippen MR) is 83.1 cm³/mol. The molecule has 1 aliphatic heterocycles. The highest BCUT2D eigenvalue weighted by atomic mass is 32.2. The van der Waals surface area contributed by atoms with Crippen LogP contribution in [-0.4, -0.2) is 79.8 Å². The molecule has 2 rings (SSSR count). The van der Waals surface area contributed by atoms with Crippen molar-refractivity contribution in [2.24, 2.45) is 0 Å². The van der Waals surface area contributed by atoms with Crippen molar-refractivity contribution in [3.05, 3.63) is 23.7 Å². The van der Waals surface area contributed by atoms with Gasteiger partial charge < -0.3 is 19.2 Å². The summed E-state index contributed by atoms with van der Waals surface area (Å²) in [6.45, 7) is 1.70. The van der Waals surface area contributed by atoms with E-state index < -0.39 is 28.6 Å². The Morgan fingerprint density at radius 2 is 2.12 bits per heavy atom.